The minimum absolute atomic E-state index is 0.694. The van der Waals surface area contributed by atoms with Gasteiger partial charge in [-0.25, -0.2) is 8.42 Å². The van der Waals surface area contributed by atoms with E-state index in [0.29, 0.717) is 0 Å². The summed E-state index contributed by atoms with van der Waals surface area (Å²) in [6.45, 7) is 0. The maximum atomic E-state index is 11.7. The highest BCUT2D eigenvalue weighted by atomic mass is 79.9. The predicted molar refractivity (Wildman–Crippen MR) is 68.7 cm³/mol. The lowest BCUT2D eigenvalue weighted by molar-refractivity contribution is 0.599. The van der Waals surface area contributed by atoms with Gasteiger partial charge in [-0.3, -0.25) is 0 Å². The third-order valence-corrected chi connectivity index (χ3v) is 8.16. The minimum atomic E-state index is -3.28. The summed E-state index contributed by atoms with van der Waals surface area (Å²) in [7, 11) is -3.28. The Bertz CT molecular complexity index is 388. The van der Waals surface area contributed by atoms with E-state index in [4.69, 9.17) is 0 Å². The number of halogens is 3. The highest BCUT2D eigenvalue weighted by Crippen LogP contribution is 2.35. The standard InChI is InChI=1S/C8H7Br3O2S/c9-7(14(12,13)8(10)11)6-4-2-1-3-5-6/h1-5,7-8H. The van der Waals surface area contributed by atoms with Crippen LogP contribution in [0.1, 0.15) is 9.72 Å². The fourth-order valence-corrected chi connectivity index (χ4v) is 5.59. The molecule has 0 aliphatic carbocycles. The summed E-state index contributed by atoms with van der Waals surface area (Å²) in [5.41, 5.74) is 0.719. The van der Waals surface area contributed by atoms with E-state index >= 15 is 0 Å². The summed E-state index contributed by atoms with van der Waals surface area (Å²) >= 11 is 9.15. The van der Waals surface area contributed by atoms with Crippen LogP contribution in [0.15, 0.2) is 30.3 Å². The molecular formula is C8H7Br3O2S. The Balaban J connectivity index is 3.03. The van der Waals surface area contributed by atoms with Crippen LogP contribution in [0.4, 0.5) is 0 Å². The van der Waals surface area contributed by atoms with E-state index in [1.165, 1.54) is 0 Å². The number of hydrogen-bond donors (Lipinski definition) is 0. The second-order valence-electron chi connectivity index (χ2n) is 2.58. The van der Waals surface area contributed by atoms with Crippen LogP contribution in [0.2, 0.25) is 0 Å². The SMILES string of the molecule is O=S(=O)(C(Br)Br)C(Br)c1ccccc1. The zero-order chi connectivity index (χ0) is 10.8. The molecule has 0 N–H and O–H groups in total. The van der Waals surface area contributed by atoms with E-state index < -0.39 is 17.1 Å². The van der Waals surface area contributed by atoms with Crippen LogP contribution < -0.4 is 0 Å². The van der Waals surface area contributed by atoms with Gasteiger partial charge in [-0.15, -0.1) is 0 Å². The second kappa shape index (κ2) is 5.09. The Kier molecular flexibility index (Phi) is 4.61. The fourth-order valence-electron chi connectivity index (χ4n) is 0.884. The highest BCUT2D eigenvalue weighted by Gasteiger charge is 2.29. The first-order chi connectivity index (χ1) is 6.46. The van der Waals surface area contributed by atoms with Gasteiger partial charge in [0.2, 0.25) is 0 Å². The fraction of sp³-hybridized carbons (Fsp3) is 0.250. The molecule has 1 unspecified atom stereocenters. The Morgan fingerprint density at radius 2 is 1.50 bits per heavy atom. The van der Waals surface area contributed by atoms with E-state index in [9.17, 15) is 8.42 Å². The van der Waals surface area contributed by atoms with E-state index in [-0.39, 0.29) is 0 Å². The third-order valence-electron chi connectivity index (χ3n) is 1.60. The maximum absolute atomic E-state index is 11.7. The van der Waals surface area contributed by atoms with Gasteiger partial charge in [0, 0.05) is 0 Å². The second-order valence-corrected chi connectivity index (χ2v) is 10.5. The monoisotopic (exact) mass is 404 g/mol. The van der Waals surface area contributed by atoms with E-state index in [2.05, 4.69) is 47.8 Å². The van der Waals surface area contributed by atoms with Crippen molar-refractivity contribution in [2.75, 3.05) is 0 Å². The molecule has 78 valence electrons. The summed E-state index contributed by atoms with van der Waals surface area (Å²) in [4.78, 5) is 0. The van der Waals surface area contributed by atoms with Crippen LogP contribution >= 0.6 is 47.8 Å². The molecule has 0 aromatic heterocycles. The quantitative estimate of drug-likeness (QED) is 0.719. The van der Waals surface area contributed by atoms with Gasteiger partial charge in [0.1, 0.15) is 4.16 Å². The van der Waals surface area contributed by atoms with Crippen LogP contribution in [0.5, 0.6) is 0 Å². The molecule has 0 radical (unpaired) electrons. The number of benzene rings is 1. The van der Waals surface area contributed by atoms with Crippen molar-refractivity contribution >= 4 is 57.6 Å². The molecule has 0 spiro atoms. The topological polar surface area (TPSA) is 34.1 Å². The minimum Gasteiger partial charge on any atom is -0.225 e. The molecule has 1 atom stereocenters. The molecule has 0 aliphatic rings. The van der Waals surface area contributed by atoms with Crippen LogP contribution in [0.25, 0.3) is 0 Å². The van der Waals surface area contributed by atoms with Gasteiger partial charge in [0.15, 0.2) is 12.9 Å². The van der Waals surface area contributed by atoms with E-state index in [0.717, 1.165) is 5.56 Å². The van der Waals surface area contributed by atoms with Gasteiger partial charge in [0.05, 0.1) is 0 Å². The molecule has 0 aliphatic heterocycles. The molecule has 2 nitrogen and oxygen atoms in total. The molecule has 0 amide bonds. The molecule has 14 heavy (non-hydrogen) atoms. The van der Waals surface area contributed by atoms with Gasteiger partial charge >= 0.3 is 0 Å². The first-order valence-electron chi connectivity index (χ1n) is 3.66. The van der Waals surface area contributed by atoms with Crippen LogP contribution in [-0.2, 0) is 9.84 Å². The molecular weight excluding hydrogens is 400 g/mol. The highest BCUT2D eigenvalue weighted by molar-refractivity contribution is 9.27. The van der Waals surface area contributed by atoms with Crippen molar-refractivity contribution in [3.63, 3.8) is 0 Å². The Morgan fingerprint density at radius 1 is 1.00 bits per heavy atom. The van der Waals surface area contributed by atoms with Gasteiger partial charge in [-0.1, -0.05) is 78.1 Å². The Hall–Kier alpha value is 0.610. The van der Waals surface area contributed by atoms with Crippen LogP contribution in [0.3, 0.4) is 0 Å². The normalized spacial score (nSPS) is 14.3. The summed E-state index contributed by atoms with van der Waals surface area (Å²) in [5.74, 6) is 0. The number of sulfone groups is 1. The van der Waals surface area contributed by atoms with Crippen molar-refractivity contribution in [2.24, 2.45) is 0 Å². The largest absolute Gasteiger partial charge is 0.225 e. The lowest BCUT2D eigenvalue weighted by Gasteiger charge is -2.12. The van der Waals surface area contributed by atoms with Crippen LogP contribution in [0, 0.1) is 0 Å². The molecule has 1 aromatic carbocycles. The third kappa shape index (κ3) is 2.81. The first-order valence-corrected chi connectivity index (χ1v) is 8.02. The van der Waals surface area contributed by atoms with Gasteiger partial charge in [0.25, 0.3) is 0 Å². The van der Waals surface area contributed by atoms with Gasteiger partial charge in [-0.2, -0.15) is 0 Å². The number of alkyl halides is 3. The first kappa shape index (κ1) is 12.7. The van der Waals surface area contributed by atoms with Gasteiger partial charge in [-0.05, 0) is 5.56 Å². The molecule has 1 aromatic rings. The lowest BCUT2D eigenvalue weighted by Crippen LogP contribution is -2.13. The Morgan fingerprint density at radius 3 is 1.93 bits per heavy atom. The summed E-state index contributed by atoms with van der Waals surface area (Å²) in [6, 6.07) is 8.97. The molecule has 0 bridgehead atoms. The zero-order valence-electron chi connectivity index (χ0n) is 6.90. The molecule has 6 heteroatoms. The average molecular weight is 407 g/mol. The van der Waals surface area contributed by atoms with Crippen LogP contribution in [-0.4, -0.2) is 11.5 Å². The van der Waals surface area contributed by atoms with E-state index in [1.807, 2.05) is 6.07 Å². The Labute approximate surface area is 108 Å². The summed E-state index contributed by atoms with van der Waals surface area (Å²) < 4.78 is 21.9. The number of hydrogen-bond acceptors (Lipinski definition) is 2. The smallest absolute Gasteiger partial charge is 0.190 e. The molecule has 0 fully saturated rings. The molecule has 1 rings (SSSR count). The predicted octanol–water partition coefficient (Wildman–Crippen LogP) is 3.57. The maximum Gasteiger partial charge on any atom is 0.190 e. The van der Waals surface area contributed by atoms with Crippen molar-refractivity contribution < 1.29 is 8.42 Å². The molecule has 0 saturated carbocycles. The molecule has 0 saturated heterocycles. The van der Waals surface area contributed by atoms with Crippen molar-refractivity contribution in [2.45, 2.75) is 7.23 Å². The summed E-state index contributed by atoms with van der Waals surface area (Å²) in [5, 5.41) is 0. The van der Waals surface area contributed by atoms with Crippen molar-refractivity contribution in [1.29, 1.82) is 0 Å². The van der Waals surface area contributed by atoms with Crippen molar-refractivity contribution in [3.8, 4) is 0 Å². The average Bonchev–Trinajstić information content (AvgIpc) is 2.17. The zero-order valence-corrected chi connectivity index (χ0v) is 12.5. The van der Waals surface area contributed by atoms with Crippen molar-refractivity contribution in [1.82, 2.24) is 0 Å². The lowest BCUT2D eigenvalue weighted by atomic mass is 10.2. The van der Waals surface area contributed by atoms with E-state index in [1.54, 1.807) is 24.3 Å². The van der Waals surface area contributed by atoms with Gasteiger partial charge < -0.3 is 0 Å². The number of rotatable bonds is 3. The summed E-state index contributed by atoms with van der Waals surface area (Å²) in [6.07, 6.45) is 0. The molecule has 0 heterocycles. The van der Waals surface area contributed by atoms with Crippen molar-refractivity contribution in [3.05, 3.63) is 35.9 Å².